The van der Waals surface area contributed by atoms with Crippen molar-refractivity contribution in [3.63, 3.8) is 0 Å². The SMILES string of the molecule is CCOC(=O)Cc1ccccc1-c1ccc(-c2onc(C)c2N(C)CCCc2ccc3c(c2)OCO3)cc1. The van der Waals surface area contributed by atoms with Crippen molar-refractivity contribution in [3.05, 3.63) is 83.6 Å². The summed E-state index contributed by atoms with van der Waals surface area (Å²) in [5, 5.41) is 4.27. The molecule has 0 saturated carbocycles. The average molecular weight is 513 g/mol. The van der Waals surface area contributed by atoms with Crippen LogP contribution < -0.4 is 14.4 Å². The molecule has 7 nitrogen and oxygen atoms in total. The Morgan fingerprint density at radius 3 is 2.58 bits per heavy atom. The zero-order valence-corrected chi connectivity index (χ0v) is 22.0. The number of ether oxygens (including phenoxy) is 3. The first-order valence-corrected chi connectivity index (χ1v) is 12.9. The molecule has 0 unspecified atom stereocenters. The normalized spacial score (nSPS) is 12.0. The van der Waals surface area contributed by atoms with Gasteiger partial charge in [-0.25, -0.2) is 0 Å². The Morgan fingerprint density at radius 1 is 1.00 bits per heavy atom. The first-order valence-electron chi connectivity index (χ1n) is 12.9. The second-order valence-corrected chi connectivity index (χ2v) is 9.37. The van der Waals surface area contributed by atoms with Crippen LogP contribution in [0, 0.1) is 6.92 Å². The van der Waals surface area contributed by atoms with E-state index in [9.17, 15) is 4.79 Å². The maximum absolute atomic E-state index is 12.1. The first kappa shape index (κ1) is 25.4. The molecule has 0 fully saturated rings. The van der Waals surface area contributed by atoms with Gasteiger partial charge in [0.05, 0.1) is 13.0 Å². The summed E-state index contributed by atoms with van der Waals surface area (Å²) in [5.74, 6) is 2.16. The number of fused-ring (bicyclic) bond motifs is 1. The summed E-state index contributed by atoms with van der Waals surface area (Å²) < 4.78 is 21.8. The molecule has 5 rings (SSSR count). The van der Waals surface area contributed by atoms with Crippen LogP contribution in [0.2, 0.25) is 0 Å². The van der Waals surface area contributed by atoms with Gasteiger partial charge in [-0.15, -0.1) is 0 Å². The van der Waals surface area contributed by atoms with Crippen molar-refractivity contribution in [2.24, 2.45) is 0 Å². The number of anilines is 1. The first-order chi connectivity index (χ1) is 18.5. The Labute approximate surface area is 222 Å². The minimum Gasteiger partial charge on any atom is -0.466 e. The lowest BCUT2D eigenvalue weighted by Gasteiger charge is -2.19. The second-order valence-electron chi connectivity index (χ2n) is 9.37. The molecule has 7 heteroatoms. The molecule has 4 aromatic rings. The van der Waals surface area contributed by atoms with Crippen LogP contribution in [0.25, 0.3) is 22.5 Å². The number of hydrogen-bond donors (Lipinski definition) is 0. The number of carbonyl (C=O) groups excluding carboxylic acids is 1. The molecule has 0 aliphatic carbocycles. The molecular weight excluding hydrogens is 480 g/mol. The third-order valence-corrected chi connectivity index (χ3v) is 6.72. The number of benzene rings is 3. The van der Waals surface area contributed by atoms with E-state index in [1.807, 2.05) is 56.3 Å². The smallest absolute Gasteiger partial charge is 0.310 e. The predicted octanol–water partition coefficient (Wildman–Crippen LogP) is 6.22. The van der Waals surface area contributed by atoms with E-state index in [0.717, 1.165) is 70.3 Å². The average Bonchev–Trinajstić information content (AvgIpc) is 3.55. The maximum atomic E-state index is 12.1. The number of aromatic nitrogens is 1. The highest BCUT2D eigenvalue weighted by Crippen LogP contribution is 2.36. The van der Waals surface area contributed by atoms with Crippen LogP contribution in [0.1, 0.15) is 30.2 Å². The van der Waals surface area contributed by atoms with E-state index < -0.39 is 0 Å². The molecule has 0 atom stereocenters. The second kappa shape index (κ2) is 11.4. The fraction of sp³-hybridized carbons (Fsp3) is 0.290. The molecule has 1 aliphatic heterocycles. The van der Waals surface area contributed by atoms with Gasteiger partial charge in [0.25, 0.3) is 0 Å². The van der Waals surface area contributed by atoms with Gasteiger partial charge < -0.3 is 23.6 Å². The van der Waals surface area contributed by atoms with Crippen LogP contribution in [-0.2, 0) is 22.4 Å². The van der Waals surface area contributed by atoms with Gasteiger partial charge in [0.2, 0.25) is 6.79 Å². The number of aryl methyl sites for hydroxylation is 2. The Kier molecular flexibility index (Phi) is 7.63. The van der Waals surface area contributed by atoms with Crippen LogP contribution in [0.5, 0.6) is 11.5 Å². The molecule has 1 aromatic heterocycles. The summed E-state index contributed by atoms with van der Waals surface area (Å²) >= 11 is 0. The lowest BCUT2D eigenvalue weighted by Crippen LogP contribution is -2.20. The quantitative estimate of drug-likeness (QED) is 0.234. The van der Waals surface area contributed by atoms with Gasteiger partial charge in [-0.1, -0.05) is 59.8 Å². The molecule has 3 aromatic carbocycles. The highest BCUT2D eigenvalue weighted by Gasteiger charge is 2.20. The maximum Gasteiger partial charge on any atom is 0.310 e. The molecule has 2 heterocycles. The Hall–Kier alpha value is -4.26. The van der Waals surface area contributed by atoms with Crippen molar-refractivity contribution in [1.82, 2.24) is 5.16 Å². The fourth-order valence-electron chi connectivity index (χ4n) is 4.86. The van der Waals surface area contributed by atoms with Gasteiger partial charge in [-0.05, 0) is 61.1 Å². The molecule has 0 N–H and O–H groups in total. The van der Waals surface area contributed by atoms with Crippen molar-refractivity contribution in [2.45, 2.75) is 33.1 Å². The highest BCUT2D eigenvalue weighted by atomic mass is 16.7. The summed E-state index contributed by atoms with van der Waals surface area (Å²) in [6.07, 6.45) is 2.14. The van der Waals surface area contributed by atoms with Gasteiger partial charge in [0, 0.05) is 19.2 Å². The van der Waals surface area contributed by atoms with Crippen LogP contribution in [-0.4, -0.2) is 38.1 Å². The molecule has 196 valence electrons. The zero-order chi connectivity index (χ0) is 26.5. The van der Waals surface area contributed by atoms with Crippen molar-refractivity contribution >= 4 is 11.7 Å². The molecule has 38 heavy (non-hydrogen) atoms. The lowest BCUT2D eigenvalue weighted by molar-refractivity contribution is -0.142. The molecule has 1 aliphatic rings. The number of hydrogen-bond acceptors (Lipinski definition) is 7. The monoisotopic (exact) mass is 512 g/mol. The molecule has 0 spiro atoms. The van der Waals surface area contributed by atoms with Crippen molar-refractivity contribution in [1.29, 1.82) is 0 Å². The summed E-state index contributed by atoms with van der Waals surface area (Å²) in [5.41, 5.74) is 7.02. The van der Waals surface area contributed by atoms with Crippen molar-refractivity contribution < 1.29 is 23.5 Å². The van der Waals surface area contributed by atoms with E-state index in [4.69, 9.17) is 18.7 Å². The largest absolute Gasteiger partial charge is 0.466 e. The number of rotatable bonds is 10. The van der Waals surface area contributed by atoms with Gasteiger partial charge in [0.15, 0.2) is 17.3 Å². The third kappa shape index (κ3) is 5.52. The Bertz CT molecular complexity index is 1410. The van der Waals surface area contributed by atoms with Crippen molar-refractivity contribution in [3.8, 4) is 33.9 Å². The summed E-state index contributed by atoms with van der Waals surface area (Å²) in [6.45, 7) is 5.30. The zero-order valence-electron chi connectivity index (χ0n) is 22.0. The van der Waals surface area contributed by atoms with Crippen molar-refractivity contribution in [2.75, 3.05) is 31.9 Å². The predicted molar refractivity (Wildman–Crippen MR) is 147 cm³/mol. The molecular formula is C31H32N2O5. The van der Waals surface area contributed by atoms with E-state index in [-0.39, 0.29) is 19.2 Å². The van der Waals surface area contributed by atoms with E-state index >= 15 is 0 Å². The summed E-state index contributed by atoms with van der Waals surface area (Å²) in [7, 11) is 2.07. The van der Waals surface area contributed by atoms with Gasteiger partial charge in [-0.3, -0.25) is 4.79 Å². The molecule has 0 bridgehead atoms. The Morgan fingerprint density at radius 2 is 1.76 bits per heavy atom. The van der Waals surface area contributed by atoms with Gasteiger partial charge in [-0.2, -0.15) is 0 Å². The van der Waals surface area contributed by atoms with Crippen LogP contribution in [0.15, 0.2) is 71.3 Å². The van der Waals surface area contributed by atoms with Gasteiger partial charge in [0.1, 0.15) is 11.4 Å². The van der Waals surface area contributed by atoms with E-state index in [1.165, 1.54) is 5.56 Å². The summed E-state index contributed by atoms with van der Waals surface area (Å²) in [6, 6.07) is 22.2. The summed E-state index contributed by atoms with van der Waals surface area (Å²) in [4.78, 5) is 14.3. The van der Waals surface area contributed by atoms with E-state index in [0.29, 0.717) is 6.61 Å². The highest BCUT2D eigenvalue weighted by molar-refractivity contribution is 5.80. The van der Waals surface area contributed by atoms with Gasteiger partial charge >= 0.3 is 5.97 Å². The third-order valence-electron chi connectivity index (χ3n) is 6.72. The van der Waals surface area contributed by atoms with Crippen LogP contribution in [0.4, 0.5) is 5.69 Å². The number of carbonyl (C=O) groups is 1. The molecule has 0 radical (unpaired) electrons. The minimum atomic E-state index is -0.222. The number of nitrogens with zero attached hydrogens (tertiary/aromatic N) is 2. The van der Waals surface area contributed by atoms with E-state index in [2.05, 4.69) is 41.4 Å². The standard InChI is InChI=1S/C31H32N2O5/c1-4-35-29(34)19-25-9-5-6-10-26(25)23-12-14-24(15-13-23)31-30(21(2)32-38-31)33(3)17-7-8-22-11-16-27-28(18-22)37-20-36-27/h5-6,9-16,18H,4,7-8,17,19-20H2,1-3H3. The Balaban J connectivity index is 1.28. The van der Waals surface area contributed by atoms with Crippen LogP contribution in [0.3, 0.4) is 0 Å². The molecule has 0 saturated heterocycles. The number of esters is 1. The fourth-order valence-corrected chi connectivity index (χ4v) is 4.86. The minimum absolute atomic E-state index is 0.222. The topological polar surface area (TPSA) is 74.0 Å². The lowest BCUT2D eigenvalue weighted by atomic mass is 9.96. The van der Waals surface area contributed by atoms with Crippen LogP contribution >= 0.6 is 0 Å². The van der Waals surface area contributed by atoms with E-state index in [1.54, 1.807) is 0 Å². The molecule has 0 amide bonds.